The predicted molar refractivity (Wildman–Crippen MR) is 168 cm³/mol. The molecular formula is C32H44Cl2IN4O4-. The number of nitrogens with zero attached hydrogens (tertiary/aromatic N) is 2. The Balaban J connectivity index is 1.73. The molecule has 3 amide bonds. The number of alkyl carbamates (subject to hydrolysis) is 1. The van der Waals surface area contributed by atoms with Crippen molar-refractivity contribution in [1.29, 1.82) is 0 Å². The van der Waals surface area contributed by atoms with E-state index in [-0.39, 0.29) is 21.8 Å². The van der Waals surface area contributed by atoms with Gasteiger partial charge in [0.25, 0.3) is 0 Å². The number of amides is 3. The van der Waals surface area contributed by atoms with Crippen molar-refractivity contribution in [3.8, 4) is 0 Å². The number of nitrogens with one attached hydrogen (secondary N) is 2. The Kier molecular flexibility index (Phi) is 13.9. The summed E-state index contributed by atoms with van der Waals surface area (Å²) in [5, 5.41) is 6.76. The van der Waals surface area contributed by atoms with E-state index in [4.69, 9.17) is 27.9 Å². The maximum atomic E-state index is 13.8. The molecule has 1 heterocycles. The number of halogens is 3. The third-order valence-corrected chi connectivity index (χ3v) is 10.6. The van der Waals surface area contributed by atoms with E-state index in [1.54, 1.807) is 17.0 Å². The fourth-order valence-corrected chi connectivity index (χ4v) is 7.99. The van der Waals surface area contributed by atoms with E-state index in [0.717, 1.165) is 24.8 Å². The zero-order chi connectivity index (χ0) is 31.6. The number of carbonyl (C=O) groups is 3. The summed E-state index contributed by atoms with van der Waals surface area (Å²) in [4.78, 5) is 41.5. The van der Waals surface area contributed by atoms with Gasteiger partial charge in [0.2, 0.25) is 0 Å². The number of carbonyl (C=O) groups excluding carboxylic acids is 3. The average molecular weight is 747 g/mol. The fourth-order valence-electron chi connectivity index (χ4n) is 4.85. The van der Waals surface area contributed by atoms with Crippen molar-refractivity contribution in [1.82, 2.24) is 18.6 Å². The van der Waals surface area contributed by atoms with E-state index in [1.165, 1.54) is 5.56 Å². The van der Waals surface area contributed by atoms with Crippen molar-refractivity contribution in [2.24, 2.45) is 5.92 Å². The van der Waals surface area contributed by atoms with Crippen LogP contribution in [0, 0.1) is 5.92 Å². The third-order valence-electron chi connectivity index (χ3n) is 6.93. The number of hydrogen-bond acceptors (Lipinski definition) is 5. The molecular weight excluding hydrogens is 702 g/mol. The van der Waals surface area contributed by atoms with Crippen LogP contribution in [0.1, 0.15) is 65.0 Å². The molecule has 0 aliphatic carbocycles. The minimum atomic E-state index is -1.10. The molecule has 2 aromatic rings. The van der Waals surface area contributed by atoms with Gasteiger partial charge in [-0.15, -0.1) is 0 Å². The summed E-state index contributed by atoms with van der Waals surface area (Å²) in [6, 6.07) is 15.2. The molecule has 0 aromatic heterocycles. The summed E-state index contributed by atoms with van der Waals surface area (Å²) in [5.41, 5.74) is 1.50. The molecule has 0 spiro atoms. The van der Waals surface area contributed by atoms with Crippen LogP contribution in [0.2, 0.25) is 10.0 Å². The van der Waals surface area contributed by atoms with Crippen molar-refractivity contribution in [2.75, 3.05) is 19.6 Å². The molecule has 3 rings (SSSR count). The van der Waals surface area contributed by atoms with Gasteiger partial charge < -0.3 is 0 Å². The molecule has 1 saturated heterocycles. The van der Waals surface area contributed by atoms with Crippen molar-refractivity contribution < 1.29 is 40.6 Å². The van der Waals surface area contributed by atoms with Crippen LogP contribution in [0.5, 0.6) is 0 Å². The van der Waals surface area contributed by atoms with Gasteiger partial charge in [-0.3, -0.25) is 0 Å². The van der Waals surface area contributed by atoms with E-state index < -0.39 is 39.2 Å². The number of benzene rings is 2. The van der Waals surface area contributed by atoms with Gasteiger partial charge in [0.15, 0.2) is 0 Å². The molecule has 0 saturated carbocycles. The van der Waals surface area contributed by atoms with Gasteiger partial charge in [0, 0.05) is 0 Å². The van der Waals surface area contributed by atoms with Crippen LogP contribution >= 0.6 is 23.2 Å². The number of hydrogen-bond donors (Lipinski definition) is 2. The number of aryl methyl sites for hydroxylation is 1. The van der Waals surface area contributed by atoms with Crippen LogP contribution in [0.4, 0.5) is 9.59 Å². The SMILES string of the molecule is CC(C)C[C@H](C(=O)NCc1ccc(Cl)c(Cl)c1)N1CCC(CCc2ccccc2)N(CCNC(=O)OC(C)(C)C)[I-]C1=O. The zero-order valence-corrected chi connectivity index (χ0v) is 29.3. The van der Waals surface area contributed by atoms with Crippen molar-refractivity contribution in [3.63, 3.8) is 0 Å². The standard InChI is InChI=1S/C32H44Cl2IN4O4/c1-22(2)19-28(29(40)37-21-24-12-14-26(33)27(34)20-24)38-17-15-25(13-11-23-9-7-6-8-10-23)39(35-30(38)41)18-16-36-31(42)43-32(3,4)5/h6-10,12,14,20,22,25,28H,11,13,15-19,21H2,1-5H3,(H,36,42)(H,37,40)/q-1/t25?,28-/m1/s1. The van der Waals surface area contributed by atoms with E-state index in [1.807, 2.05) is 45.0 Å². The monoisotopic (exact) mass is 745 g/mol. The van der Waals surface area contributed by atoms with Crippen molar-refractivity contribution >= 4 is 39.1 Å². The van der Waals surface area contributed by atoms with Crippen LogP contribution in [0.3, 0.4) is 0 Å². The van der Waals surface area contributed by atoms with Crippen LogP contribution in [-0.2, 0) is 22.5 Å². The van der Waals surface area contributed by atoms with Gasteiger partial charge in [0.1, 0.15) is 0 Å². The second-order valence-corrected chi connectivity index (χ2v) is 15.6. The molecule has 1 unspecified atom stereocenters. The summed E-state index contributed by atoms with van der Waals surface area (Å²) in [5.74, 6) is 0.0518. The van der Waals surface area contributed by atoms with E-state index in [0.29, 0.717) is 42.6 Å². The molecule has 0 bridgehead atoms. The average Bonchev–Trinajstić information content (AvgIpc) is 3.08. The van der Waals surface area contributed by atoms with Gasteiger partial charge in [-0.05, 0) is 0 Å². The van der Waals surface area contributed by atoms with E-state index in [9.17, 15) is 14.4 Å². The zero-order valence-electron chi connectivity index (χ0n) is 25.7. The molecule has 2 aromatic carbocycles. The molecule has 1 aliphatic rings. The van der Waals surface area contributed by atoms with Gasteiger partial charge in [0.05, 0.1) is 0 Å². The Morgan fingerprint density at radius 3 is 2.42 bits per heavy atom. The topological polar surface area (TPSA) is 91.0 Å². The Hall–Kier alpha value is -2.08. The summed E-state index contributed by atoms with van der Waals surface area (Å²) >= 11 is 11.1. The molecule has 0 radical (unpaired) electrons. The van der Waals surface area contributed by atoms with E-state index >= 15 is 0 Å². The first-order chi connectivity index (χ1) is 20.3. The quantitative estimate of drug-likeness (QED) is 0.150. The molecule has 2 atom stereocenters. The van der Waals surface area contributed by atoms with E-state index in [2.05, 4.69) is 39.7 Å². The minimum absolute atomic E-state index is 0.0219. The number of ether oxygens (including phenoxy) is 1. The molecule has 238 valence electrons. The number of rotatable bonds is 12. The van der Waals surface area contributed by atoms with Crippen LogP contribution < -0.4 is 32.1 Å². The maximum absolute atomic E-state index is 13.8. The Labute approximate surface area is 276 Å². The molecule has 2 N–H and O–H groups in total. The summed E-state index contributed by atoms with van der Waals surface area (Å²) in [6.45, 7) is 11.3. The Morgan fingerprint density at radius 1 is 1.05 bits per heavy atom. The predicted octanol–water partition coefficient (Wildman–Crippen LogP) is 3.68. The summed E-state index contributed by atoms with van der Waals surface area (Å²) in [7, 11) is 0. The second kappa shape index (κ2) is 16.8. The third kappa shape index (κ3) is 12.1. The molecule has 8 nitrogen and oxygen atoms in total. The second-order valence-electron chi connectivity index (χ2n) is 12.2. The summed E-state index contributed by atoms with van der Waals surface area (Å²) in [6.07, 6.45) is 2.62. The van der Waals surface area contributed by atoms with Crippen LogP contribution in [0.15, 0.2) is 48.5 Å². The van der Waals surface area contributed by atoms with Gasteiger partial charge in [-0.2, -0.15) is 0 Å². The first-order valence-electron chi connectivity index (χ1n) is 14.8. The first kappa shape index (κ1) is 35.4. The molecule has 1 fully saturated rings. The first-order valence-corrected chi connectivity index (χ1v) is 17.6. The molecule has 11 heteroatoms. The Morgan fingerprint density at radius 2 is 1.77 bits per heavy atom. The van der Waals surface area contributed by atoms with Gasteiger partial charge in [-0.1, -0.05) is 0 Å². The van der Waals surface area contributed by atoms with Crippen LogP contribution in [-0.4, -0.2) is 61.2 Å². The normalized spacial score (nSPS) is 17.2. The van der Waals surface area contributed by atoms with Crippen molar-refractivity contribution in [3.05, 3.63) is 69.7 Å². The fraction of sp³-hybridized carbons (Fsp3) is 0.531. The Bertz CT molecular complexity index is 1230. The molecule has 43 heavy (non-hydrogen) atoms. The van der Waals surface area contributed by atoms with Crippen molar-refractivity contribution in [2.45, 2.75) is 84.5 Å². The summed E-state index contributed by atoms with van der Waals surface area (Å²) < 4.78 is 7.66. The van der Waals surface area contributed by atoms with Gasteiger partial charge >= 0.3 is 278 Å². The van der Waals surface area contributed by atoms with Crippen LogP contribution in [0.25, 0.3) is 0 Å². The van der Waals surface area contributed by atoms with Gasteiger partial charge in [-0.25, -0.2) is 0 Å². The molecule has 1 aliphatic heterocycles.